The lowest BCUT2D eigenvalue weighted by atomic mass is 10.3. The van der Waals surface area contributed by atoms with Crippen LogP contribution in [-0.2, 0) is 14.3 Å². The van der Waals surface area contributed by atoms with E-state index in [2.05, 4.69) is 14.8 Å². The van der Waals surface area contributed by atoms with Gasteiger partial charge in [-0.25, -0.2) is 9.59 Å². The predicted molar refractivity (Wildman–Crippen MR) is 41.6 cm³/mol. The Balaban J connectivity index is 3.78. The first kappa shape index (κ1) is 10.7. The quantitative estimate of drug-likeness (QED) is 0.626. The normalized spacial score (nSPS) is 11.6. The standard InChI is InChI=1S/C7H13NO4/c1-4-12-6(9)5(2)8-7(10)11-3/h5H,4H2,1-3H3,(H,8,10). The van der Waals surface area contributed by atoms with Crippen LogP contribution in [0, 0.1) is 0 Å². The van der Waals surface area contributed by atoms with Crippen LogP contribution in [0.1, 0.15) is 13.8 Å². The molecule has 1 N–H and O–H groups in total. The highest BCUT2D eigenvalue weighted by molar-refractivity contribution is 5.80. The van der Waals surface area contributed by atoms with E-state index in [9.17, 15) is 9.59 Å². The van der Waals surface area contributed by atoms with E-state index in [-0.39, 0.29) is 0 Å². The van der Waals surface area contributed by atoms with Crippen LogP contribution in [0.5, 0.6) is 0 Å². The maximum atomic E-state index is 10.9. The molecule has 70 valence electrons. The number of esters is 1. The Morgan fingerprint density at radius 3 is 2.50 bits per heavy atom. The lowest BCUT2D eigenvalue weighted by Gasteiger charge is -2.10. The maximum absolute atomic E-state index is 10.9. The van der Waals surface area contributed by atoms with Gasteiger partial charge in [0.1, 0.15) is 6.04 Å². The molecule has 12 heavy (non-hydrogen) atoms. The van der Waals surface area contributed by atoms with Crippen molar-refractivity contribution in [3.8, 4) is 0 Å². The monoisotopic (exact) mass is 175 g/mol. The number of amides is 1. The van der Waals surface area contributed by atoms with Gasteiger partial charge in [-0.05, 0) is 13.8 Å². The summed E-state index contributed by atoms with van der Waals surface area (Å²) < 4.78 is 8.93. The molecular formula is C7H13NO4. The van der Waals surface area contributed by atoms with Crippen molar-refractivity contribution in [2.75, 3.05) is 13.7 Å². The van der Waals surface area contributed by atoms with Crippen LogP contribution in [-0.4, -0.2) is 31.8 Å². The molecule has 0 radical (unpaired) electrons. The van der Waals surface area contributed by atoms with E-state index < -0.39 is 18.1 Å². The minimum atomic E-state index is -0.669. The van der Waals surface area contributed by atoms with Crippen molar-refractivity contribution in [3.05, 3.63) is 0 Å². The van der Waals surface area contributed by atoms with Crippen molar-refractivity contribution < 1.29 is 19.1 Å². The second kappa shape index (κ2) is 5.40. The molecule has 5 heteroatoms. The predicted octanol–water partition coefficient (Wildman–Crippen LogP) is 0.294. The van der Waals surface area contributed by atoms with Gasteiger partial charge in [-0.2, -0.15) is 0 Å². The highest BCUT2D eigenvalue weighted by Crippen LogP contribution is 1.88. The fraction of sp³-hybridized carbons (Fsp3) is 0.714. The highest BCUT2D eigenvalue weighted by atomic mass is 16.5. The van der Waals surface area contributed by atoms with Gasteiger partial charge in [-0.15, -0.1) is 0 Å². The number of methoxy groups -OCH3 is 1. The summed E-state index contributed by atoms with van der Waals surface area (Å²) in [6, 6.07) is -0.669. The smallest absolute Gasteiger partial charge is 0.407 e. The van der Waals surface area contributed by atoms with Crippen molar-refractivity contribution in [2.24, 2.45) is 0 Å². The van der Waals surface area contributed by atoms with Gasteiger partial charge in [0.25, 0.3) is 0 Å². The molecule has 0 fully saturated rings. The fourth-order valence-electron chi connectivity index (χ4n) is 0.562. The van der Waals surface area contributed by atoms with E-state index in [1.165, 1.54) is 14.0 Å². The van der Waals surface area contributed by atoms with E-state index >= 15 is 0 Å². The first-order valence-electron chi connectivity index (χ1n) is 3.63. The zero-order valence-electron chi connectivity index (χ0n) is 7.42. The summed E-state index contributed by atoms with van der Waals surface area (Å²) in [5.41, 5.74) is 0. The van der Waals surface area contributed by atoms with Crippen LogP contribution < -0.4 is 5.32 Å². The van der Waals surface area contributed by atoms with Crippen LogP contribution in [0.3, 0.4) is 0 Å². The molecule has 0 aromatic carbocycles. The Morgan fingerprint density at radius 2 is 2.08 bits per heavy atom. The Kier molecular flexibility index (Phi) is 4.83. The molecule has 0 bridgehead atoms. The fourth-order valence-corrected chi connectivity index (χ4v) is 0.562. The van der Waals surface area contributed by atoms with E-state index in [4.69, 9.17) is 0 Å². The highest BCUT2D eigenvalue weighted by Gasteiger charge is 2.15. The van der Waals surface area contributed by atoms with Gasteiger partial charge in [0.15, 0.2) is 0 Å². The average Bonchev–Trinajstić information content (AvgIpc) is 2.04. The molecule has 0 aliphatic rings. The Morgan fingerprint density at radius 1 is 1.50 bits per heavy atom. The number of carbonyl (C=O) groups excluding carboxylic acids is 2. The third kappa shape index (κ3) is 3.80. The van der Waals surface area contributed by atoms with Crippen molar-refractivity contribution in [1.29, 1.82) is 0 Å². The van der Waals surface area contributed by atoms with Gasteiger partial charge in [0, 0.05) is 0 Å². The molecule has 0 spiro atoms. The lowest BCUT2D eigenvalue weighted by molar-refractivity contribution is -0.145. The lowest BCUT2D eigenvalue weighted by Crippen LogP contribution is -2.39. The first-order valence-corrected chi connectivity index (χ1v) is 3.63. The van der Waals surface area contributed by atoms with E-state index in [1.54, 1.807) is 6.92 Å². The van der Waals surface area contributed by atoms with Gasteiger partial charge in [-0.1, -0.05) is 0 Å². The molecule has 0 rings (SSSR count). The van der Waals surface area contributed by atoms with Crippen LogP contribution in [0.2, 0.25) is 0 Å². The van der Waals surface area contributed by atoms with E-state index in [1.807, 2.05) is 0 Å². The van der Waals surface area contributed by atoms with Crippen molar-refractivity contribution in [2.45, 2.75) is 19.9 Å². The van der Waals surface area contributed by atoms with E-state index in [0.717, 1.165) is 0 Å². The van der Waals surface area contributed by atoms with Gasteiger partial charge < -0.3 is 14.8 Å². The van der Waals surface area contributed by atoms with Crippen LogP contribution in [0.25, 0.3) is 0 Å². The number of hydrogen-bond donors (Lipinski definition) is 1. The molecule has 0 aliphatic heterocycles. The number of nitrogens with one attached hydrogen (secondary N) is 1. The SMILES string of the molecule is CCOC(=O)C(C)NC(=O)OC. The molecule has 0 aromatic heterocycles. The number of rotatable bonds is 3. The average molecular weight is 175 g/mol. The molecular weight excluding hydrogens is 162 g/mol. The molecule has 5 nitrogen and oxygen atoms in total. The molecule has 0 aliphatic carbocycles. The third-order valence-electron chi connectivity index (χ3n) is 1.16. The van der Waals surface area contributed by atoms with Crippen molar-refractivity contribution in [1.82, 2.24) is 5.32 Å². The maximum Gasteiger partial charge on any atom is 0.407 e. The number of hydrogen-bond acceptors (Lipinski definition) is 4. The van der Waals surface area contributed by atoms with Gasteiger partial charge in [-0.3, -0.25) is 0 Å². The summed E-state index contributed by atoms with van der Waals surface area (Å²) in [4.78, 5) is 21.5. The summed E-state index contributed by atoms with van der Waals surface area (Å²) in [5, 5.41) is 2.28. The molecule has 1 unspecified atom stereocenters. The minimum Gasteiger partial charge on any atom is -0.464 e. The van der Waals surface area contributed by atoms with Gasteiger partial charge in [0.05, 0.1) is 13.7 Å². The molecule has 0 heterocycles. The van der Waals surface area contributed by atoms with Crippen LogP contribution >= 0.6 is 0 Å². The zero-order valence-corrected chi connectivity index (χ0v) is 7.42. The molecule has 0 aromatic rings. The largest absolute Gasteiger partial charge is 0.464 e. The number of carbonyl (C=O) groups is 2. The number of alkyl carbamates (subject to hydrolysis) is 1. The topological polar surface area (TPSA) is 64.6 Å². The Bertz CT molecular complexity index is 169. The Labute approximate surface area is 71.0 Å². The number of ether oxygens (including phenoxy) is 2. The van der Waals surface area contributed by atoms with Gasteiger partial charge in [0.2, 0.25) is 0 Å². The summed E-state index contributed by atoms with van der Waals surface area (Å²) >= 11 is 0. The Hall–Kier alpha value is -1.26. The van der Waals surface area contributed by atoms with Crippen LogP contribution in [0.4, 0.5) is 4.79 Å². The summed E-state index contributed by atoms with van der Waals surface area (Å²) in [6.07, 6.45) is -0.643. The second-order valence-corrected chi connectivity index (χ2v) is 2.11. The molecule has 0 saturated heterocycles. The second-order valence-electron chi connectivity index (χ2n) is 2.11. The summed E-state index contributed by atoms with van der Waals surface area (Å²) in [5.74, 6) is -0.470. The first-order chi connectivity index (χ1) is 5.61. The van der Waals surface area contributed by atoms with Gasteiger partial charge >= 0.3 is 12.1 Å². The van der Waals surface area contributed by atoms with Crippen molar-refractivity contribution in [3.63, 3.8) is 0 Å². The zero-order chi connectivity index (χ0) is 9.56. The van der Waals surface area contributed by atoms with E-state index in [0.29, 0.717) is 6.61 Å². The molecule has 1 amide bonds. The molecule has 0 saturated carbocycles. The summed E-state index contributed by atoms with van der Waals surface area (Å²) in [6.45, 7) is 3.52. The summed E-state index contributed by atoms with van der Waals surface area (Å²) in [7, 11) is 1.23. The molecule has 1 atom stereocenters. The third-order valence-corrected chi connectivity index (χ3v) is 1.16. The van der Waals surface area contributed by atoms with Crippen LogP contribution in [0.15, 0.2) is 0 Å². The van der Waals surface area contributed by atoms with Crippen molar-refractivity contribution >= 4 is 12.1 Å². The minimum absolute atomic E-state index is 0.298.